The van der Waals surface area contributed by atoms with Crippen LogP contribution in [0.3, 0.4) is 0 Å². The number of likely N-dealkylation sites (tertiary alicyclic amines) is 1. The summed E-state index contributed by atoms with van der Waals surface area (Å²) < 4.78 is 5.46. The summed E-state index contributed by atoms with van der Waals surface area (Å²) in [5.41, 5.74) is 1.59. The Bertz CT molecular complexity index is 601. The first-order valence-electron chi connectivity index (χ1n) is 6.90. The van der Waals surface area contributed by atoms with Crippen LogP contribution in [0.25, 0.3) is 0 Å². The number of aromatic amines is 1. The number of piperidine rings is 1. The van der Waals surface area contributed by atoms with E-state index >= 15 is 0 Å². The molecule has 3 heterocycles. The number of aryl methyl sites for hydroxylation is 1. The average molecular weight is 273 g/mol. The Morgan fingerprint density at radius 3 is 3.00 bits per heavy atom. The number of fused-ring (bicyclic) bond motifs is 2. The lowest BCUT2D eigenvalue weighted by molar-refractivity contribution is 0.0942. The first-order chi connectivity index (χ1) is 9.50. The third-order valence-corrected chi connectivity index (χ3v) is 4.86. The highest BCUT2D eigenvalue weighted by molar-refractivity contribution is 5.85. The zero-order valence-electron chi connectivity index (χ0n) is 12.0. The Morgan fingerprint density at radius 1 is 1.60 bits per heavy atom. The zero-order chi connectivity index (χ0) is 14.5. The molecular weight excluding hydrogens is 254 g/mol. The molecule has 2 unspecified atom stereocenters. The Labute approximate surface area is 118 Å². The summed E-state index contributed by atoms with van der Waals surface area (Å²) in [6.07, 6.45) is 0.849. The van der Waals surface area contributed by atoms with Crippen LogP contribution in [0.5, 0.6) is 5.88 Å². The Kier molecular flexibility index (Phi) is 2.83. The van der Waals surface area contributed by atoms with Crippen molar-refractivity contribution in [2.24, 2.45) is 11.8 Å². The lowest BCUT2D eigenvalue weighted by atomic mass is 9.58. The molecular formula is C14H19N5O. The molecule has 0 aliphatic carbocycles. The van der Waals surface area contributed by atoms with Crippen molar-refractivity contribution in [3.63, 3.8) is 0 Å². The van der Waals surface area contributed by atoms with Gasteiger partial charge in [0.05, 0.1) is 6.07 Å². The van der Waals surface area contributed by atoms with Crippen molar-refractivity contribution in [1.29, 1.82) is 10.7 Å². The van der Waals surface area contributed by atoms with Crippen LogP contribution in [-0.2, 0) is 5.41 Å². The van der Waals surface area contributed by atoms with Gasteiger partial charge in [0.2, 0.25) is 11.8 Å². The van der Waals surface area contributed by atoms with Gasteiger partial charge in [0, 0.05) is 23.2 Å². The van der Waals surface area contributed by atoms with E-state index in [-0.39, 0.29) is 17.2 Å². The second-order valence-electron chi connectivity index (χ2n) is 6.01. The number of rotatable bonds is 0. The number of hydrogen-bond donors (Lipinski definition) is 2. The number of H-pyrrole nitrogens is 1. The third kappa shape index (κ3) is 1.53. The number of ether oxygens (including phenoxy) is 1. The molecule has 0 aromatic carbocycles. The monoisotopic (exact) mass is 273 g/mol. The van der Waals surface area contributed by atoms with Crippen molar-refractivity contribution >= 4 is 5.90 Å². The second kappa shape index (κ2) is 4.32. The maximum Gasteiger partial charge on any atom is 0.243 e. The first kappa shape index (κ1) is 13.1. The smallest absolute Gasteiger partial charge is 0.243 e. The fraction of sp³-hybridized carbons (Fsp3) is 0.643. The van der Waals surface area contributed by atoms with E-state index in [0.29, 0.717) is 5.88 Å². The molecule has 1 fully saturated rings. The highest BCUT2D eigenvalue weighted by Crippen LogP contribution is 2.52. The van der Waals surface area contributed by atoms with Gasteiger partial charge in [-0.25, -0.2) is 0 Å². The zero-order valence-corrected chi connectivity index (χ0v) is 12.0. The highest BCUT2D eigenvalue weighted by Gasteiger charge is 2.55. The van der Waals surface area contributed by atoms with Crippen molar-refractivity contribution in [1.82, 2.24) is 15.1 Å². The second-order valence-corrected chi connectivity index (χ2v) is 6.01. The first-order valence-corrected chi connectivity index (χ1v) is 6.90. The summed E-state index contributed by atoms with van der Waals surface area (Å²) >= 11 is 0. The van der Waals surface area contributed by atoms with Crippen LogP contribution in [0.2, 0.25) is 0 Å². The largest absolute Gasteiger partial charge is 0.422 e. The third-order valence-electron chi connectivity index (χ3n) is 4.86. The van der Waals surface area contributed by atoms with Crippen LogP contribution in [0, 0.1) is 35.5 Å². The van der Waals surface area contributed by atoms with Crippen LogP contribution >= 0.6 is 0 Å². The van der Waals surface area contributed by atoms with E-state index < -0.39 is 5.92 Å². The number of aromatic nitrogens is 2. The van der Waals surface area contributed by atoms with Gasteiger partial charge in [-0.2, -0.15) is 5.26 Å². The van der Waals surface area contributed by atoms with Crippen LogP contribution in [0.1, 0.15) is 24.6 Å². The van der Waals surface area contributed by atoms with Crippen LogP contribution in [0.4, 0.5) is 0 Å². The molecule has 2 aliphatic rings. The lowest BCUT2D eigenvalue weighted by Crippen LogP contribution is -2.56. The van der Waals surface area contributed by atoms with Gasteiger partial charge >= 0.3 is 0 Å². The van der Waals surface area contributed by atoms with Gasteiger partial charge < -0.3 is 9.64 Å². The van der Waals surface area contributed by atoms with Crippen molar-refractivity contribution < 1.29 is 4.74 Å². The van der Waals surface area contributed by atoms with Gasteiger partial charge in [-0.1, -0.05) is 6.92 Å². The SMILES string of the molecule is Cc1[nH]nc2c1C1(CCN(C)C[C@H]1C)C(C#N)C(=N)O2. The van der Waals surface area contributed by atoms with Crippen LogP contribution in [-0.4, -0.2) is 41.1 Å². The van der Waals surface area contributed by atoms with Crippen LogP contribution in [0.15, 0.2) is 0 Å². The van der Waals surface area contributed by atoms with Crippen molar-refractivity contribution in [2.75, 3.05) is 20.1 Å². The molecule has 6 heteroatoms. The predicted molar refractivity (Wildman–Crippen MR) is 73.7 cm³/mol. The molecule has 0 bridgehead atoms. The van der Waals surface area contributed by atoms with Gasteiger partial charge in [-0.3, -0.25) is 10.5 Å². The van der Waals surface area contributed by atoms with Gasteiger partial charge in [0.25, 0.3) is 0 Å². The minimum Gasteiger partial charge on any atom is -0.422 e. The molecule has 2 N–H and O–H groups in total. The Balaban J connectivity index is 2.21. The molecule has 1 aromatic rings. The summed E-state index contributed by atoms with van der Waals surface area (Å²) in [4.78, 5) is 2.28. The number of nitriles is 1. The number of nitrogens with one attached hydrogen (secondary N) is 2. The molecule has 1 saturated heterocycles. The van der Waals surface area contributed by atoms with Crippen molar-refractivity contribution in [3.05, 3.63) is 11.3 Å². The minimum atomic E-state index is -0.532. The quantitative estimate of drug-likeness (QED) is 0.748. The van der Waals surface area contributed by atoms with Crippen molar-refractivity contribution in [2.45, 2.75) is 25.7 Å². The molecule has 2 aliphatic heterocycles. The molecule has 20 heavy (non-hydrogen) atoms. The van der Waals surface area contributed by atoms with Gasteiger partial charge in [0.15, 0.2) is 0 Å². The van der Waals surface area contributed by atoms with E-state index in [9.17, 15) is 5.26 Å². The normalized spacial score (nSPS) is 33.6. The summed E-state index contributed by atoms with van der Waals surface area (Å²) in [5, 5.41) is 24.8. The predicted octanol–water partition coefficient (Wildman–Crippen LogP) is 1.44. The summed E-state index contributed by atoms with van der Waals surface area (Å²) in [6.45, 7) is 5.95. The standard InChI is InChI=1S/C14H19N5O/c1-8-7-19(3)5-4-14(8)10(6-15)12(16)20-13-11(14)9(2)17-18-13/h8,10,16H,4-5,7H2,1-3H3,(H,17,18)/t8-,10?,14?/m1/s1. The Morgan fingerprint density at radius 2 is 2.35 bits per heavy atom. The molecule has 6 nitrogen and oxygen atoms in total. The lowest BCUT2D eigenvalue weighted by Gasteiger charge is -2.49. The highest BCUT2D eigenvalue weighted by atomic mass is 16.5. The van der Waals surface area contributed by atoms with E-state index in [1.807, 2.05) is 6.92 Å². The maximum absolute atomic E-state index is 9.60. The molecule has 0 amide bonds. The molecule has 106 valence electrons. The molecule has 0 radical (unpaired) electrons. The fourth-order valence-corrected chi connectivity index (χ4v) is 3.89. The average Bonchev–Trinajstić information content (AvgIpc) is 2.76. The molecule has 1 spiro atoms. The minimum absolute atomic E-state index is 0.0305. The van der Waals surface area contributed by atoms with E-state index in [2.05, 4.69) is 35.1 Å². The van der Waals surface area contributed by atoms with Crippen LogP contribution < -0.4 is 4.74 Å². The summed E-state index contributed by atoms with van der Waals surface area (Å²) in [7, 11) is 2.10. The van der Waals surface area contributed by atoms with Gasteiger partial charge in [-0.15, -0.1) is 5.10 Å². The number of nitrogens with zero attached hydrogens (tertiary/aromatic N) is 3. The fourth-order valence-electron chi connectivity index (χ4n) is 3.89. The van der Waals surface area contributed by atoms with E-state index in [1.165, 1.54) is 0 Å². The topological polar surface area (TPSA) is 88.8 Å². The summed E-state index contributed by atoms with van der Waals surface area (Å²) in [5.74, 6) is 0.249. The van der Waals surface area contributed by atoms with Crippen molar-refractivity contribution in [3.8, 4) is 11.9 Å². The van der Waals surface area contributed by atoms with Gasteiger partial charge in [-0.05, 0) is 32.9 Å². The van der Waals surface area contributed by atoms with E-state index in [4.69, 9.17) is 10.1 Å². The van der Waals surface area contributed by atoms with E-state index in [1.54, 1.807) is 0 Å². The summed E-state index contributed by atoms with van der Waals surface area (Å²) in [6, 6.07) is 2.31. The van der Waals surface area contributed by atoms with E-state index in [0.717, 1.165) is 30.8 Å². The van der Waals surface area contributed by atoms with Gasteiger partial charge in [0.1, 0.15) is 5.92 Å². The molecule has 3 rings (SSSR count). The molecule has 3 atom stereocenters. The Hall–Kier alpha value is -1.87. The maximum atomic E-state index is 9.60. The number of hydrogen-bond acceptors (Lipinski definition) is 5. The molecule has 1 aromatic heterocycles. The molecule has 0 saturated carbocycles.